The molecule has 1 aliphatic heterocycles. The maximum Gasteiger partial charge on any atom is 0.286 e. The molecule has 1 rings (SSSR count). The smallest absolute Gasteiger partial charge is 0.286 e. The highest BCUT2D eigenvalue weighted by atomic mass is 16.2. The molecule has 1 saturated heterocycles. The van der Waals surface area contributed by atoms with Crippen LogP contribution in [-0.2, 0) is 14.4 Å². The van der Waals surface area contributed by atoms with Crippen molar-refractivity contribution in [2.45, 2.75) is 18.9 Å². The highest BCUT2D eigenvalue weighted by Crippen LogP contribution is 2.15. The zero-order valence-corrected chi connectivity index (χ0v) is 7.66. The number of rotatable bonds is 4. The van der Waals surface area contributed by atoms with Crippen LogP contribution in [-0.4, -0.2) is 30.2 Å². The monoisotopic (exact) mass is 199 g/mol. The minimum absolute atomic E-state index is 0.113. The molecule has 0 spiro atoms. The molecule has 0 aromatic carbocycles. The van der Waals surface area contributed by atoms with Crippen molar-refractivity contribution in [1.82, 2.24) is 5.32 Å². The molecule has 78 valence electrons. The van der Waals surface area contributed by atoms with Gasteiger partial charge in [0, 0.05) is 12.5 Å². The van der Waals surface area contributed by atoms with E-state index in [1.54, 1.807) is 0 Å². The average molecular weight is 199 g/mol. The van der Waals surface area contributed by atoms with Gasteiger partial charge in [-0.15, -0.1) is 0 Å². The Morgan fingerprint density at radius 3 is 2.64 bits per heavy atom. The molecule has 0 saturated carbocycles. The van der Waals surface area contributed by atoms with Crippen LogP contribution in [0.2, 0.25) is 0 Å². The van der Waals surface area contributed by atoms with Gasteiger partial charge in [0.25, 0.3) is 5.91 Å². The normalized spacial score (nSPS) is 22.9. The molecule has 0 aliphatic carbocycles. The number of hydrogen-bond donors (Lipinski definition) is 3. The lowest BCUT2D eigenvalue weighted by molar-refractivity contribution is -0.137. The van der Waals surface area contributed by atoms with E-state index in [9.17, 15) is 14.4 Å². The lowest BCUT2D eigenvalue weighted by atomic mass is 9.96. The third-order valence-electron chi connectivity index (χ3n) is 2.28. The lowest BCUT2D eigenvalue weighted by Gasteiger charge is -2.11. The van der Waals surface area contributed by atoms with E-state index >= 15 is 0 Å². The molecule has 6 nitrogen and oxygen atoms in total. The van der Waals surface area contributed by atoms with E-state index in [-0.39, 0.29) is 18.2 Å². The van der Waals surface area contributed by atoms with Crippen LogP contribution in [0.15, 0.2) is 0 Å². The second kappa shape index (κ2) is 4.19. The Balaban J connectivity index is 2.47. The highest BCUT2D eigenvalue weighted by Gasteiger charge is 2.29. The Morgan fingerprint density at radius 1 is 1.57 bits per heavy atom. The first-order valence-electron chi connectivity index (χ1n) is 4.39. The number of carbonyl (C=O) groups excluding carboxylic acids is 3. The van der Waals surface area contributed by atoms with Crippen LogP contribution in [0, 0.1) is 5.92 Å². The molecule has 1 fully saturated rings. The fourth-order valence-corrected chi connectivity index (χ4v) is 1.47. The molecule has 0 bridgehead atoms. The summed E-state index contributed by atoms with van der Waals surface area (Å²) in [5, 5.41) is 2.62. The molecule has 14 heavy (non-hydrogen) atoms. The van der Waals surface area contributed by atoms with Crippen molar-refractivity contribution >= 4 is 17.6 Å². The summed E-state index contributed by atoms with van der Waals surface area (Å²) >= 11 is 0. The fourth-order valence-electron chi connectivity index (χ4n) is 1.47. The van der Waals surface area contributed by atoms with E-state index in [2.05, 4.69) is 5.32 Å². The van der Waals surface area contributed by atoms with Crippen molar-refractivity contribution in [3.8, 4) is 0 Å². The van der Waals surface area contributed by atoms with Gasteiger partial charge in [0.05, 0.1) is 6.04 Å². The third kappa shape index (κ3) is 2.29. The van der Waals surface area contributed by atoms with E-state index in [4.69, 9.17) is 11.5 Å². The predicted octanol–water partition coefficient (Wildman–Crippen LogP) is -2.11. The second-order valence-electron chi connectivity index (χ2n) is 3.35. The first-order valence-corrected chi connectivity index (χ1v) is 4.39. The molecule has 2 amide bonds. The zero-order valence-electron chi connectivity index (χ0n) is 7.66. The number of ketones is 1. The van der Waals surface area contributed by atoms with Crippen molar-refractivity contribution in [1.29, 1.82) is 0 Å². The topological polar surface area (TPSA) is 115 Å². The lowest BCUT2D eigenvalue weighted by Crippen LogP contribution is -2.41. The molecule has 6 heteroatoms. The standard InChI is InChI=1S/C8H13N3O3/c9-5(6(12)7(10)13)3-4-1-2-11-8(4)14/h4-5H,1-3,9H2,(H2,10,13)(H,11,14)/t4-,5?/m0/s1. The van der Waals surface area contributed by atoms with Crippen LogP contribution in [0.3, 0.4) is 0 Å². The Hall–Kier alpha value is -1.43. The van der Waals surface area contributed by atoms with Crippen LogP contribution in [0.1, 0.15) is 12.8 Å². The van der Waals surface area contributed by atoms with Gasteiger partial charge < -0.3 is 16.8 Å². The number of nitrogens with one attached hydrogen (secondary N) is 1. The molecule has 2 atom stereocenters. The number of amides is 2. The van der Waals surface area contributed by atoms with Crippen molar-refractivity contribution in [3.05, 3.63) is 0 Å². The van der Waals surface area contributed by atoms with Crippen molar-refractivity contribution < 1.29 is 14.4 Å². The number of nitrogens with two attached hydrogens (primary N) is 2. The number of Topliss-reactive ketones (excluding diaryl/α,β-unsaturated/α-hetero) is 1. The minimum Gasteiger partial charge on any atom is -0.363 e. The van der Waals surface area contributed by atoms with Crippen LogP contribution in [0.4, 0.5) is 0 Å². The summed E-state index contributed by atoms with van der Waals surface area (Å²) in [6.45, 7) is 0.598. The van der Waals surface area contributed by atoms with Crippen LogP contribution >= 0.6 is 0 Å². The Morgan fingerprint density at radius 2 is 2.21 bits per heavy atom. The van der Waals surface area contributed by atoms with Crippen molar-refractivity contribution in [2.75, 3.05) is 6.54 Å². The largest absolute Gasteiger partial charge is 0.363 e. The minimum atomic E-state index is -1.05. The Labute approximate surface area is 81.0 Å². The highest BCUT2D eigenvalue weighted by molar-refractivity contribution is 6.37. The summed E-state index contributed by atoms with van der Waals surface area (Å²) in [6, 6.07) is -0.957. The first-order chi connectivity index (χ1) is 6.52. The number of primary amides is 1. The molecular formula is C8H13N3O3. The van der Waals surface area contributed by atoms with E-state index < -0.39 is 17.7 Å². The van der Waals surface area contributed by atoms with Crippen LogP contribution in [0.25, 0.3) is 0 Å². The SMILES string of the molecule is NC(=O)C(=O)C(N)C[C@@H]1CCNC1=O. The zero-order chi connectivity index (χ0) is 10.7. The summed E-state index contributed by atoms with van der Waals surface area (Å²) in [4.78, 5) is 32.6. The number of hydrogen-bond acceptors (Lipinski definition) is 4. The Kier molecular flexibility index (Phi) is 3.19. The molecule has 1 heterocycles. The summed E-state index contributed by atoms with van der Waals surface area (Å²) < 4.78 is 0. The molecule has 0 aromatic heterocycles. The van der Waals surface area contributed by atoms with Gasteiger partial charge >= 0.3 is 0 Å². The Bertz CT molecular complexity index is 277. The molecule has 5 N–H and O–H groups in total. The van der Waals surface area contributed by atoms with E-state index in [1.165, 1.54) is 0 Å². The molecule has 1 aliphatic rings. The molecule has 1 unspecified atom stereocenters. The maximum atomic E-state index is 11.1. The first kappa shape index (κ1) is 10.6. The van der Waals surface area contributed by atoms with E-state index in [0.717, 1.165) is 0 Å². The third-order valence-corrected chi connectivity index (χ3v) is 2.28. The average Bonchev–Trinajstić information content (AvgIpc) is 2.50. The summed E-state index contributed by atoms with van der Waals surface area (Å²) in [7, 11) is 0. The molecular weight excluding hydrogens is 186 g/mol. The van der Waals surface area contributed by atoms with Gasteiger partial charge in [-0.25, -0.2) is 0 Å². The number of carbonyl (C=O) groups is 3. The second-order valence-corrected chi connectivity index (χ2v) is 3.35. The van der Waals surface area contributed by atoms with Gasteiger partial charge in [-0.3, -0.25) is 14.4 Å². The summed E-state index contributed by atoms with van der Waals surface area (Å²) in [5.41, 5.74) is 10.2. The summed E-state index contributed by atoms with van der Waals surface area (Å²) in [6.07, 6.45) is 0.839. The van der Waals surface area contributed by atoms with Crippen molar-refractivity contribution in [2.24, 2.45) is 17.4 Å². The quantitative estimate of drug-likeness (QED) is 0.449. The molecule has 0 aromatic rings. The fraction of sp³-hybridized carbons (Fsp3) is 0.625. The maximum absolute atomic E-state index is 11.1. The van der Waals surface area contributed by atoms with Crippen LogP contribution < -0.4 is 16.8 Å². The van der Waals surface area contributed by atoms with Gasteiger partial charge in [0.1, 0.15) is 0 Å². The summed E-state index contributed by atoms with van der Waals surface area (Å²) in [5.74, 6) is -2.24. The van der Waals surface area contributed by atoms with Gasteiger partial charge in [0.2, 0.25) is 11.7 Å². The van der Waals surface area contributed by atoms with E-state index in [0.29, 0.717) is 13.0 Å². The van der Waals surface area contributed by atoms with Crippen LogP contribution in [0.5, 0.6) is 0 Å². The van der Waals surface area contributed by atoms with Gasteiger partial charge in [-0.1, -0.05) is 0 Å². The van der Waals surface area contributed by atoms with Gasteiger partial charge in [0.15, 0.2) is 0 Å². The van der Waals surface area contributed by atoms with Crippen molar-refractivity contribution in [3.63, 3.8) is 0 Å². The predicted molar refractivity (Wildman–Crippen MR) is 47.9 cm³/mol. The van der Waals surface area contributed by atoms with E-state index in [1.807, 2.05) is 0 Å². The van der Waals surface area contributed by atoms with Gasteiger partial charge in [-0.2, -0.15) is 0 Å². The molecule has 0 radical (unpaired) electrons. The van der Waals surface area contributed by atoms with Gasteiger partial charge in [-0.05, 0) is 12.8 Å².